The third-order valence-corrected chi connectivity index (χ3v) is 13.2. The summed E-state index contributed by atoms with van der Waals surface area (Å²) in [6.07, 6.45) is 9.37. The average molecular weight is 1090 g/mol. The predicted octanol–water partition coefficient (Wildman–Crippen LogP) is 6.53. The average Bonchev–Trinajstić information content (AvgIpc) is 3.91. The fraction of sp³-hybridized carbons (Fsp3) is 0.517. The lowest BCUT2D eigenvalue weighted by molar-refractivity contribution is -0.139. The van der Waals surface area contributed by atoms with Gasteiger partial charge in [0.1, 0.15) is 0 Å². The largest absolute Gasteiger partial charge is 0.481 e. The first-order valence-electron chi connectivity index (χ1n) is 27.6. The van der Waals surface area contributed by atoms with Crippen molar-refractivity contribution < 1.29 is 57.6 Å². The van der Waals surface area contributed by atoms with Crippen LogP contribution in [0.2, 0.25) is 0 Å². The van der Waals surface area contributed by atoms with Gasteiger partial charge in [0.25, 0.3) is 5.91 Å². The number of ketones is 1. The minimum Gasteiger partial charge on any atom is -0.481 e. The molecule has 5 N–H and O–H groups in total. The van der Waals surface area contributed by atoms with Gasteiger partial charge in [0.15, 0.2) is 5.78 Å². The Kier molecular flexibility index (Phi) is 28.0. The Balaban J connectivity index is 0.00000567. The second-order valence-electron chi connectivity index (χ2n) is 18.9. The molecule has 2 aliphatic rings. The minimum absolute atomic E-state index is 0.106. The van der Waals surface area contributed by atoms with Crippen molar-refractivity contribution in [2.45, 2.75) is 110 Å². The summed E-state index contributed by atoms with van der Waals surface area (Å²) in [6, 6.07) is 18.9. The number of ether oxygens (including phenoxy) is 4. The summed E-state index contributed by atoms with van der Waals surface area (Å²) in [6.45, 7) is 8.70. The van der Waals surface area contributed by atoms with E-state index in [0.717, 1.165) is 51.7 Å². The van der Waals surface area contributed by atoms with Gasteiger partial charge in [-0.25, -0.2) is 9.80 Å². The SMILES string of the molecule is CC.COCCOCCOCCOCCC(=O)NCCCC[C@H](CC(=O)CNC(=O)CCC(=O)O)C(=O)NCCCCCCN1N=C(c2ccc(NC(=O)N3Cc4ccncc4C3)cc2)CC(c2cccc3ncccc23)C1=O. The Hall–Kier alpha value is -7.20. The van der Waals surface area contributed by atoms with Crippen LogP contribution in [0.25, 0.3) is 10.9 Å². The number of hydrazone groups is 1. The van der Waals surface area contributed by atoms with Crippen molar-refractivity contribution in [1.29, 1.82) is 0 Å². The molecule has 4 aromatic rings. The summed E-state index contributed by atoms with van der Waals surface area (Å²) in [4.78, 5) is 99.7. The van der Waals surface area contributed by atoms with Crippen molar-refractivity contribution in [3.8, 4) is 0 Å². The summed E-state index contributed by atoms with van der Waals surface area (Å²) in [5, 5.41) is 27.5. The summed E-state index contributed by atoms with van der Waals surface area (Å²) in [7, 11) is 1.61. The number of carboxylic acid groups (broad SMARTS) is 1. The van der Waals surface area contributed by atoms with E-state index in [0.29, 0.717) is 117 Å². The van der Waals surface area contributed by atoms with Crippen molar-refractivity contribution in [3.05, 3.63) is 102 Å². The van der Waals surface area contributed by atoms with Crippen LogP contribution in [0, 0.1) is 5.92 Å². The number of hydrogen-bond acceptors (Lipinski definition) is 14. The number of nitrogens with one attached hydrogen (secondary N) is 4. The van der Waals surface area contributed by atoms with E-state index < -0.39 is 23.7 Å². The molecule has 79 heavy (non-hydrogen) atoms. The molecule has 0 bridgehead atoms. The topological polar surface area (TPSA) is 269 Å². The first kappa shape index (κ1) is 62.6. The van der Waals surface area contributed by atoms with Gasteiger partial charge in [-0.3, -0.25) is 38.7 Å². The number of Topliss-reactive ketones (excluding diaryl/α,β-unsaturated/α-hetero) is 1. The Morgan fingerprint density at radius 3 is 2.16 bits per heavy atom. The number of pyridine rings is 2. The zero-order valence-corrected chi connectivity index (χ0v) is 46.0. The molecule has 2 aromatic carbocycles. The predicted molar refractivity (Wildman–Crippen MR) is 298 cm³/mol. The number of aromatic nitrogens is 2. The van der Waals surface area contributed by atoms with Crippen LogP contribution in [0.1, 0.15) is 119 Å². The molecule has 428 valence electrons. The number of carbonyl (C=O) groups excluding carboxylic acids is 6. The van der Waals surface area contributed by atoms with Crippen molar-refractivity contribution in [3.63, 3.8) is 0 Å². The molecule has 2 atom stereocenters. The van der Waals surface area contributed by atoms with Gasteiger partial charge in [-0.05, 0) is 78.3 Å². The molecule has 0 aliphatic carbocycles. The molecule has 2 aliphatic heterocycles. The summed E-state index contributed by atoms with van der Waals surface area (Å²) in [5.41, 5.74) is 5.99. The highest BCUT2D eigenvalue weighted by atomic mass is 16.6. The van der Waals surface area contributed by atoms with Crippen LogP contribution in [0.3, 0.4) is 0 Å². The van der Waals surface area contributed by atoms with E-state index in [1.54, 1.807) is 35.6 Å². The highest BCUT2D eigenvalue weighted by molar-refractivity contribution is 6.07. The second-order valence-corrected chi connectivity index (χ2v) is 18.9. The van der Waals surface area contributed by atoms with E-state index in [9.17, 15) is 33.6 Å². The van der Waals surface area contributed by atoms with Gasteiger partial charge in [-0.2, -0.15) is 5.10 Å². The molecule has 1 unspecified atom stereocenters. The van der Waals surface area contributed by atoms with E-state index >= 15 is 0 Å². The van der Waals surface area contributed by atoms with E-state index in [4.69, 9.17) is 29.2 Å². The van der Waals surface area contributed by atoms with E-state index in [1.165, 1.54) is 0 Å². The van der Waals surface area contributed by atoms with Gasteiger partial charge in [0.2, 0.25) is 17.7 Å². The van der Waals surface area contributed by atoms with E-state index in [2.05, 4.69) is 31.2 Å². The Morgan fingerprint density at radius 1 is 0.722 bits per heavy atom. The molecular formula is C58H79N9O12. The lowest BCUT2D eigenvalue weighted by Gasteiger charge is -2.30. The van der Waals surface area contributed by atoms with Gasteiger partial charge in [-0.1, -0.05) is 63.4 Å². The zero-order valence-electron chi connectivity index (χ0n) is 46.0. The minimum atomic E-state index is -1.12. The van der Waals surface area contributed by atoms with Crippen molar-refractivity contribution in [1.82, 2.24) is 35.8 Å². The number of amides is 6. The normalized spacial score (nSPS) is 14.1. The van der Waals surface area contributed by atoms with E-state index in [-0.39, 0.29) is 68.4 Å². The molecule has 0 saturated carbocycles. The number of aliphatic carboxylic acids is 1. The van der Waals surface area contributed by atoms with Crippen LogP contribution < -0.4 is 21.3 Å². The maximum atomic E-state index is 14.3. The standard InChI is InChI=1S/C56H73N9O12.C2H6/c1-74-28-29-76-32-33-77-31-30-75-27-21-52(68)59-22-6-4-10-41(34-45(66)37-61-51(67)18-19-53(69)70)54(71)60-23-5-2-3-7-26-65-55(72)48(46-11-8-13-49-47(46)12-9-24-58-49)35-50(63-65)40-14-16-44(17-15-40)62-56(73)64-38-42-20-25-57-36-43(42)39-64;1-2/h8-9,11-17,20,24-25,36,41,48H,2-7,10,18-19,21-23,26-35,37-39H2,1H3,(H,59,68)(H,60,71)(H,61,67)(H,62,73)(H,69,70);1-2H3/t41-,48?;/m1./s1. The summed E-state index contributed by atoms with van der Waals surface area (Å²) in [5.74, 6) is -3.79. The van der Waals surface area contributed by atoms with E-state index in [1.807, 2.05) is 74.5 Å². The molecule has 4 heterocycles. The van der Waals surface area contributed by atoms with Crippen LogP contribution >= 0.6 is 0 Å². The molecule has 6 amide bonds. The highest BCUT2D eigenvalue weighted by Crippen LogP contribution is 2.34. The van der Waals surface area contributed by atoms with Crippen molar-refractivity contribution >= 4 is 63.7 Å². The monoisotopic (exact) mass is 1090 g/mol. The number of carboxylic acids is 1. The smallest absolute Gasteiger partial charge is 0.322 e. The van der Waals surface area contributed by atoms with Crippen molar-refractivity contribution in [2.24, 2.45) is 11.0 Å². The molecule has 0 radical (unpaired) electrons. The Bertz CT molecular complexity index is 2590. The Morgan fingerprint density at radius 2 is 1.42 bits per heavy atom. The number of benzene rings is 2. The number of nitrogens with zero attached hydrogens (tertiary/aromatic N) is 5. The molecule has 21 heteroatoms. The molecular weight excluding hydrogens is 1010 g/mol. The van der Waals surface area contributed by atoms with Gasteiger partial charge in [0.05, 0.1) is 76.4 Å². The van der Waals surface area contributed by atoms with Gasteiger partial charge < -0.3 is 50.2 Å². The first-order chi connectivity index (χ1) is 38.5. The molecule has 0 saturated heterocycles. The van der Waals surface area contributed by atoms with Crippen LogP contribution in [0.15, 0.2) is 84.4 Å². The maximum absolute atomic E-state index is 14.3. The lowest BCUT2D eigenvalue weighted by atomic mass is 9.86. The molecule has 2 aromatic heterocycles. The first-order valence-corrected chi connectivity index (χ1v) is 27.6. The number of hydrogen-bond donors (Lipinski definition) is 5. The molecule has 0 spiro atoms. The van der Waals surface area contributed by atoms with Crippen LogP contribution in [-0.2, 0) is 60.8 Å². The van der Waals surface area contributed by atoms with Crippen LogP contribution in [0.5, 0.6) is 0 Å². The van der Waals surface area contributed by atoms with Crippen LogP contribution in [0.4, 0.5) is 10.5 Å². The summed E-state index contributed by atoms with van der Waals surface area (Å²) < 4.78 is 21.2. The quantitative estimate of drug-likeness (QED) is 0.0307. The number of anilines is 1. The zero-order chi connectivity index (χ0) is 56.6. The van der Waals surface area contributed by atoms with Gasteiger partial charge >= 0.3 is 12.0 Å². The van der Waals surface area contributed by atoms with Crippen LogP contribution in [-0.4, -0.2) is 152 Å². The number of rotatable bonds is 35. The number of methoxy groups -OCH3 is 1. The number of unbranched alkanes of at least 4 members (excludes halogenated alkanes) is 4. The number of fused-ring (bicyclic) bond motifs is 2. The third-order valence-electron chi connectivity index (χ3n) is 13.2. The van der Waals surface area contributed by atoms with Gasteiger partial charge in [-0.15, -0.1) is 0 Å². The lowest BCUT2D eigenvalue weighted by Crippen LogP contribution is -2.38. The fourth-order valence-electron chi connectivity index (χ4n) is 8.97. The Labute approximate surface area is 462 Å². The molecule has 21 nitrogen and oxygen atoms in total. The summed E-state index contributed by atoms with van der Waals surface area (Å²) >= 11 is 0. The molecule has 0 fully saturated rings. The fourth-order valence-corrected chi connectivity index (χ4v) is 8.97. The van der Waals surface area contributed by atoms with Crippen molar-refractivity contribution in [2.75, 3.05) is 84.9 Å². The highest BCUT2D eigenvalue weighted by Gasteiger charge is 2.34. The number of carbonyl (C=O) groups is 7. The number of urea groups is 1. The maximum Gasteiger partial charge on any atom is 0.322 e. The third kappa shape index (κ3) is 21.9. The second kappa shape index (κ2) is 35.3. The van der Waals surface area contributed by atoms with Gasteiger partial charge in [0, 0.05) is 101 Å². The molecule has 6 rings (SSSR count).